The van der Waals surface area contributed by atoms with Gasteiger partial charge in [0.2, 0.25) is 5.91 Å². The molecule has 0 fully saturated rings. The molecule has 1 amide bonds. The molecular formula is C18H17FN2O3. The number of nitro benzene ring substituents is 1. The second-order valence-electron chi connectivity index (χ2n) is 5.24. The van der Waals surface area contributed by atoms with Crippen LogP contribution in [0.5, 0.6) is 0 Å². The lowest BCUT2D eigenvalue weighted by Crippen LogP contribution is -2.12. The summed E-state index contributed by atoms with van der Waals surface area (Å²) in [5.41, 5.74) is 1.02. The van der Waals surface area contributed by atoms with Gasteiger partial charge in [-0.25, -0.2) is 4.39 Å². The van der Waals surface area contributed by atoms with E-state index in [9.17, 15) is 19.3 Å². The standard InChI is InChI=1S/C18H17FN2O3/c1-3-6-18(22)20-17-10-9-13(21(23)24)11-15(17)12(2)14-7-4-5-8-16(14)19/h4-5,7-11H,2-3,6H2,1H3,(H,20,22). The van der Waals surface area contributed by atoms with Crippen molar-refractivity contribution in [3.05, 3.63) is 76.1 Å². The molecule has 2 rings (SSSR count). The maximum atomic E-state index is 14.0. The third-order valence-corrected chi connectivity index (χ3v) is 3.49. The summed E-state index contributed by atoms with van der Waals surface area (Å²) in [7, 11) is 0. The minimum Gasteiger partial charge on any atom is -0.326 e. The van der Waals surface area contributed by atoms with Gasteiger partial charge in [0.05, 0.1) is 4.92 Å². The fraction of sp³-hybridized carbons (Fsp3) is 0.167. The molecule has 0 atom stereocenters. The van der Waals surface area contributed by atoms with Gasteiger partial charge in [-0.1, -0.05) is 31.7 Å². The molecule has 124 valence electrons. The maximum Gasteiger partial charge on any atom is 0.270 e. The van der Waals surface area contributed by atoms with E-state index in [2.05, 4.69) is 11.9 Å². The van der Waals surface area contributed by atoms with Crippen LogP contribution in [0, 0.1) is 15.9 Å². The first-order valence-electron chi connectivity index (χ1n) is 7.46. The Labute approximate surface area is 139 Å². The van der Waals surface area contributed by atoms with Crippen LogP contribution in [-0.4, -0.2) is 10.8 Å². The molecule has 0 radical (unpaired) electrons. The molecule has 0 heterocycles. The number of benzene rings is 2. The number of rotatable bonds is 6. The zero-order chi connectivity index (χ0) is 17.7. The summed E-state index contributed by atoms with van der Waals surface area (Å²) < 4.78 is 14.0. The van der Waals surface area contributed by atoms with Crippen molar-refractivity contribution in [1.29, 1.82) is 0 Å². The van der Waals surface area contributed by atoms with Crippen LogP contribution in [-0.2, 0) is 4.79 Å². The van der Waals surface area contributed by atoms with Gasteiger partial charge in [-0.05, 0) is 24.1 Å². The van der Waals surface area contributed by atoms with Crippen molar-refractivity contribution < 1.29 is 14.1 Å². The lowest BCUT2D eigenvalue weighted by Gasteiger charge is -2.14. The molecule has 0 aromatic heterocycles. The minimum absolute atomic E-state index is 0.157. The molecule has 0 saturated carbocycles. The molecule has 0 aliphatic heterocycles. The topological polar surface area (TPSA) is 72.2 Å². The molecule has 0 aliphatic rings. The summed E-state index contributed by atoms with van der Waals surface area (Å²) in [6.45, 7) is 5.73. The minimum atomic E-state index is -0.546. The fourth-order valence-electron chi connectivity index (χ4n) is 2.30. The lowest BCUT2D eigenvalue weighted by molar-refractivity contribution is -0.384. The molecule has 24 heavy (non-hydrogen) atoms. The number of anilines is 1. The Bertz CT molecular complexity index is 803. The van der Waals surface area contributed by atoms with Crippen molar-refractivity contribution >= 4 is 22.9 Å². The smallest absolute Gasteiger partial charge is 0.270 e. The average molecular weight is 328 g/mol. The Kier molecular flexibility index (Phi) is 5.42. The Balaban J connectivity index is 2.50. The Morgan fingerprint density at radius 1 is 1.25 bits per heavy atom. The first-order valence-corrected chi connectivity index (χ1v) is 7.46. The lowest BCUT2D eigenvalue weighted by atomic mass is 9.97. The van der Waals surface area contributed by atoms with Crippen LogP contribution in [0.3, 0.4) is 0 Å². The van der Waals surface area contributed by atoms with Gasteiger partial charge in [-0.3, -0.25) is 14.9 Å². The number of nitro groups is 1. The molecule has 6 heteroatoms. The van der Waals surface area contributed by atoms with Gasteiger partial charge < -0.3 is 5.32 Å². The number of hydrogen-bond donors (Lipinski definition) is 1. The molecule has 2 aromatic carbocycles. The molecule has 2 aromatic rings. The average Bonchev–Trinajstić information content (AvgIpc) is 2.55. The van der Waals surface area contributed by atoms with Crippen LogP contribution in [0.15, 0.2) is 49.0 Å². The first kappa shape index (κ1) is 17.3. The van der Waals surface area contributed by atoms with Gasteiger partial charge in [-0.15, -0.1) is 0 Å². The van der Waals surface area contributed by atoms with Crippen molar-refractivity contribution in [2.75, 3.05) is 5.32 Å². The number of amides is 1. The number of carbonyl (C=O) groups is 1. The summed E-state index contributed by atoms with van der Waals surface area (Å²) in [6, 6.07) is 10.0. The van der Waals surface area contributed by atoms with Crippen molar-refractivity contribution in [2.45, 2.75) is 19.8 Å². The summed E-state index contributed by atoms with van der Waals surface area (Å²) in [4.78, 5) is 22.3. The van der Waals surface area contributed by atoms with Gasteiger partial charge >= 0.3 is 0 Å². The largest absolute Gasteiger partial charge is 0.326 e. The number of nitrogens with one attached hydrogen (secondary N) is 1. The van der Waals surface area contributed by atoms with Gasteiger partial charge in [0, 0.05) is 35.4 Å². The zero-order valence-electron chi connectivity index (χ0n) is 13.2. The second-order valence-corrected chi connectivity index (χ2v) is 5.24. The highest BCUT2D eigenvalue weighted by molar-refractivity contribution is 5.96. The SMILES string of the molecule is C=C(c1ccccc1F)c1cc([N+](=O)[O-])ccc1NC(=O)CCC. The molecule has 0 saturated heterocycles. The Morgan fingerprint density at radius 3 is 2.58 bits per heavy atom. The van der Waals surface area contributed by atoms with Crippen molar-refractivity contribution in [3.8, 4) is 0 Å². The van der Waals surface area contributed by atoms with E-state index in [-0.39, 0.29) is 22.7 Å². The van der Waals surface area contributed by atoms with E-state index in [1.165, 1.54) is 30.3 Å². The molecule has 1 N–H and O–H groups in total. The molecule has 0 spiro atoms. The van der Waals surface area contributed by atoms with Crippen LogP contribution < -0.4 is 5.32 Å². The van der Waals surface area contributed by atoms with E-state index < -0.39 is 10.7 Å². The monoisotopic (exact) mass is 328 g/mol. The number of non-ortho nitro benzene ring substituents is 1. The molecular weight excluding hydrogens is 311 g/mol. The normalized spacial score (nSPS) is 10.2. The maximum absolute atomic E-state index is 14.0. The van der Waals surface area contributed by atoms with Crippen LogP contribution in [0.25, 0.3) is 5.57 Å². The van der Waals surface area contributed by atoms with E-state index >= 15 is 0 Å². The highest BCUT2D eigenvalue weighted by Crippen LogP contribution is 2.32. The van der Waals surface area contributed by atoms with Crippen LogP contribution in [0.4, 0.5) is 15.8 Å². The van der Waals surface area contributed by atoms with Crippen molar-refractivity contribution in [2.24, 2.45) is 0 Å². The molecule has 0 bridgehead atoms. The van der Waals surface area contributed by atoms with Gasteiger partial charge in [0.15, 0.2) is 0 Å². The number of hydrogen-bond acceptors (Lipinski definition) is 3. The predicted molar refractivity (Wildman–Crippen MR) is 91.2 cm³/mol. The number of halogens is 1. The fourth-order valence-corrected chi connectivity index (χ4v) is 2.30. The number of nitrogens with zero attached hydrogens (tertiary/aromatic N) is 1. The Morgan fingerprint density at radius 2 is 1.96 bits per heavy atom. The molecule has 0 aliphatic carbocycles. The summed E-state index contributed by atoms with van der Waals surface area (Å²) >= 11 is 0. The number of carbonyl (C=O) groups excluding carboxylic acids is 1. The van der Waals surface area contributed by atoms with Crippen LogP contribution in [0.2, 0.25) is 0 Å². The third kappa shape index (κ3) is 3.84. The second kappa shape index (κ2) is 7.50. The molecule has 5 nitrogen and oxygen atoms in total. The van der Waals surface area contributed by atoms with Gasteiger partial charge in [0.25, 0.3) is 5.69 Å². The first-order chi connectivity index (χ1) is 11.4. The summed E-state index contributed by atoms with van der Waals surface area (Å²) in [5, 5.41) is 13.7. The van der Waals surface area contributed by atoms with E-state index in [0.717, 1.165) is 0 Å². The Hall–Kier alpha value is -3.02. The van der Waals surface area contributed by atoms with E-state index in [1.807, 2.05) is 6.92 Å². The zero-order valence-corrected chi connectivity index (χ0v) is 13.2. The summed E-state index contributed by atoms with van der Waals surface area (Å²) in [6.07, 6.45) is 0.991. The van der Waals surface area contributed by atoms with Gasteiger partial charge in [-0.2, -0.15) is 0 Å². The quantitative estimate of drug-likeness (QED) is 0.625. The van der Waals surface area contributed by atoms with Crippen molar-refractivity contribution in [1.82, 2.24) is 0 Å². The van der Waals surface area contributed by atoms with E-state index in [1.54, 1.807) is 12.1 Å². The summed E-state index contributed by atoms with van der Waals surface area (Å²) in [5.74, 6) is -0.700. The molecule has 0 unspecified atom stereocenters. The van der Waals surface area contributed by atoms with Crippen molar-refractivity contribution in [3.63, 3.8) is 0 Å². The van der Waals surface area contributed by atoms with Crippen LogP contribution >= 0.6 is 0 Å². The third-order valence-electron chi connectivity index (χ3n) is 3.49. The van der Waals surface area contributed by atoms with Gasteiger partial charge in [0.1, 0.15) is 5.82 Å². The predicted octanol–water partition coefficient (Wildman–Crippen LogP) is 4.53. The van der Waals surface area contributed by atoms with E-state index in [0.29, 0.717) is 24.1 Å². The van der Waals surface area contributed by atoms with Crippen LogP contribution in [0.1, 0.15) is 30.9 Å². The van der Waals surface area contributed by atoms with E-state index in [4.69, 9.17) is 0 Å². The highest BCUT2D eigenvalue weighted by atomic mass is 19.1. The highest BCUT2D eigenvalue weighted by Gasteiger charge is 2.17.